The minimum absolute atomic E-state index is 0.138. The Morgan fingerprint density at radius 1 is 1.17 bits per heavy atom. The maximum Gasteiger partial charge on any atom is 0.414 e. The van der Waals surface area contributed by atoms with Crippen LogP contribution in [0.5, 0.6) is 5.88 Å². The van der Waals surface area contributed by atoms with Crippen LogP contribution in [0.4, 0.5) is 4.79 Å². The van der Waals surface area contributed by atoms with Crippen molar-refractivity contribution >= 4 is 17.9 Å². The zero-order valence-corrected chi connectivity index (χ0v) is 12.8. The molecule has 9 heteroatoms. The Balaban J connectivity index is 0.000000219. The molecule has 3 N–H and O–H groups in total. The van der Waals surface area contributed by atoms with Gasteiger partial charge in [-0.3, -0.25) is 20.0 Å². The van der Waals surface area contributed by atoms with Gasteiger partial charge in [-0.15, -0.1) is 0 Å². The fourth-order valence-corrected chi connectivity index (χ4v) is 1.83. The predicted octanol–water partition coefficient (Wildman–Crippen LogP) is 0.906. The summed E-state index contributed by atoms with van der Waals surface area (Å²) >= 11 is 0. The molecule has 0 bridgehead atoms. The van der Waals surface area contributed by atoms with Gasteiger partial charge in [-0.2, -0.15) is 0 Å². The lowest BCUT2D eigenvalue weighted by molar-refractivity contribution is -0.132. The van der Waals surface area contributed by atoms with Crippen LogP contribution in [-0.4, -0.2) is 33.3 Å². The number of ether oxygens (including phenoxy) is 1. The molecule has 0 saturated carbocycles. The largest absolute Gasteiger partial charge is 0.414 e. The van der Waals surface area contributed by atoms with Crippen molar-refractivity contribution in [1.82, 2.24) is 26.0 Å². The van der Waals surface area contributed by atoms with Crippen molar-refractivity contribution in [3.63, 3.8) is 0 Å². The lowest BCUT2D eigenvalue weighted by Gasteiger charge is -2.07. The molecule has 1 aromatic heterocycles. The van der Waals surface area contributed by atoms with Crippen LogP contribution in [0.25, 0.3) is 0 Å². The molecule has 126 valence electrons. The first kappa shape index (κ1) is 17.1. The number of aromatic amines is 1. The molecule has 0 atom stereocenters. The van der Waals surface area contributed by atoms with E-state index in [-0.39, 0.29) is 17.7 Å². The molecule has 0 aliphatic carbocycles. The lowest BCUT2D eigenvalue weighted by Crippen LogP contribution is -2.33. The van der Waals surface area contributed by atoms with Gasteiger partial charge in [0.2, 0.25) is 11.8 Å². The molecule has 1 saturated heterocycles. The number of H-pyrrole nitrogens is 1. The highest BCUT2D eigenvalue weighted by molar-refractivity contribution is 5.97. The third-order valence-corrected chi connectivity index (χ3v) is 2.96. The van der Waals surface area contributed by atoms with Crippen LogP contribution < -0.4 is 15.4 Å². The number of carbonyl (C=O) groups is 3. The average Bonchev–Trinajstić information content (AvgIpc) is 3.07. The van der Waals surface area contributed by atoms with Crippen LogP contribution in [0.15, 0.2) is 36.5 Å². The quantitative estimate of drug-likeness (QED) is 0.718. The number of aromatic nitrogens is 3. The molecule has 3 amide bonds. The van der Waals surface area contributed by atoms with Crippen molar-refractivity contribution in [2.24, 2.45) is 0 Å². The Labute approximate surface area is 137 Å². The molecule has 1 aliphatic rings. The van der Waals surface area contributed by atoms with E-state index in [1.165, 1.54) is 6.20 Å². The number of nitrogens with zero attached hydrogens (tertiary/aromatic N) is 2. The highest BCUT2D eigenvalue weighted by Crippen LogP contribution is 2.01. The molecule has 2 heterocycles. The summed E-state index contributed by atoms with van der Waals surface area (Å²) in [6, 6.07) is 9.55. The van der Waals surface area contributed by atoms with Crippen molar-refractivity contribution in [2.45, 2.75) is 25.8 Å². The Morgan fingerprint density at radius 3 is 2.42 bits per heavy atom. The molecule has 2 aromatic rings. The zero-order valence-electron chi connectivity index (χ0n) is 12.8. The first-order valence-corrected chi connectivity index (χ1v) is 7.32. The molecule has 0 spiro atoms. The molecule has 24 heavy (non-hydrogen) atoms. The van der Waals surface area contributed by atoms with Gasteiger partial charge in [-0.25, -0.2) is 4.79 Å². The number of hydrogen-bond donors (Lipinski definition) is 3. The van der Waals surface area contributed by atoms with E-state index in [2.05, 4.69) is 26.0 Å². The van der Waals surface area contributed by atoms with E-state index < -0.39 is 6.09 Å². The van der Waals surface area contributed by atoms with Crippen molar-refractivity contribution in [1.29, 1.82) is 0 Å². The minimum Gasteiger partial charge on any atom is -0.388 e. The van der Waals surface area contributed by atoms with Crippen molar-refractivity contribution in [2.75, 3.05) is 0 Å². The molecule has 3 rings (SSSR count). The topological polar surface area (TPSA) is 126 Å². The van der Waals surface area contributed by atoms with Gasteiger partial charge in [-0.1, -0.05) is 40.6 Å². The Hall–Kier alpha value is -3.23. The van der Waals surface area contributed by atoms with Gasteiger partial charge in [0.1, 0.15) is 0 Å². The average molecular weight is 331 g/mol. The second-order valence-corrected chi connectivity index (χ2v) is 4.87. The van der Waals surface area contributed by atoms with Crippen LogP contribution in [-0.2, 0) is 16.1 Å². The first-order chi connectivity index (χ1) is 11.6. The number of benzene rings is 1. The van der Waals surface area contributed by atoms with Crippen LogP contribution in [0, 0.1) is 0 Å². The Kier molecular flexibility index (Phi) is 6.45. The molecule has 0 radical (unpaired) electrons. The fraction of sp³-hybridized carbons (Fsp3) is 0.267. The number of piperidine rings is 1. The number of nitrogens with one attached hydrogen (secondary N) is 3. The number of rotatable bonds is 3. The third-order valence-electron chi connectivity index (χ3n) is 2.96. The van der Waals surface area contributed by atoms with Crippen molar-refractivity contribution in [3.05, 3.63) is 42.1 Å². The van der Waals surface area contributed by atoms with E-state index in [1.54, 1.807) is 0 Å². The first-order valence-electron chi connectivity index (χ1n) is 7.32. The molecule has 1 aromatic carbocycles. The van der Waals surface area contributed by atoms with Gasteiger partial charge in [-0.05, 0) is 12.0 Å². The van der Waals surface area contributed by atoms with E-state index in [1.807, 2.05) is 30.3 Å². The molecule has 9 nitrogen and oxygen atoms in total. The van der Waals surface area contributed by atoms with E-state index in [0.29, 0.717) is 25.8 Å². The molecule has 1 fully saturated rings. The summed E-state index contributed by atoms with van der Waals surface area (Å²) in [5.74, 6) is -0.131. The maximum atomic E-state index is 11.3. The van der Waals surface area contributed by atoms with E-state index in [4.69, 9.17) is 4.74 Å². The molecular formula is C15H17N5O4. The second-order valence-electron chi connectivity index (χ2n) is 4.87. The standard InChI is InChI=1S/C10H10N4O2.C5H7NO2/c15-10(16-9-7-12-14-13-9)11-6-8-4-2-1-3-5-8;7-4-2-1-3-5(8)6-4/h1-5,7H,6H2,(H,11,15)(H,12,13,14);1-3H2,(H,6,7,8). The van der Waals surface area contributed by atoms with Gasteiger partial charge >= 0.3 is 6.09 Å². The number of imide groups is 1. The van der Waals surface area contributed by atoms with Gasteiger partial charge in [0.25, 0.3) is 5.88 Å². The Morgan fingerprint density at radius 2 is 1.88 bits per heavy atom. The van der Waals surface area contributed by atoms with Crippen molar-refractivity contribution in [3.8, 4) is 5.88 Å². The van der Waals surface area contributed by atoms with E-state index in [9.17, 15) is 14.4 Å². The zero-order chi connectivity index (χ0) is 17.2. The summed E-state index contributed by atoms with van der Waals surface area (Å²) < 4.78 is 4.82. The highest BCUT2D eigenvalue weighted by Gasteiger charge is 2.13. The lowest BCUT2D eigenvalue weighted by atomic mass is 10.1. The summed E-state index contributed by atoms with van der Waals surface area (Å²) in [7, 11) is 0. The number of carbonyl (C=O) groups excluding carboxylic acids is 3. The minimum atomic E-state index is -0.558. The summed E-state index contributed by atoms with van der Waals surface area (Å²) in [5, 5.41) is 14.2. The molecule has 1 aliphatic heterocycles. The van der Waals surface area contributed by atoms with E-state index >= 15 is 0 Å². The van der Waals surface area contributed by atoms with Gasteiger partial charge in [0, 0.05) is 19.4 Å². The van der Waals surface area contributed by atoms with Crippen LogP contribution in [0.1, 0.15) is 24.8 Å². The smallest absolute Gasteiger partial charge is 0.388 e. The third kappa shape index (κ3) is 6.26. The number of amides is 3. The van der Waals surface area contributed by atoms with Crippen molar-refractivity contribution < 1.29 is 19.1 Å². The van der Waals surface area contributed by atoms with Crippen LogP contribution >= 0.6 is 0 Å². The van der Waals surface area contributed by atoms with Gasteiger partial charge in [0.05, 0.1) is 6.20 Å². The maximum absolute atomic E-state index is 11.3. The monoisotopic (exact) mass is 331 g/mol. The predicted molar refractivity (Wildman–Crippen MR) is 82.7 cm³/mol. The molecular weight excluding hydrogens is 314 g/mol. The van der Waals surface area contributed by atoms with Crippen LogP contribution in [0.3, 0.4) is 0 Å². The highest BCUT2D eigenvalue weighted by atomic mass is 16.6. The summed E-state index contributed by atoms with van der Waals surface area (Å²) in [4.78, 5) is 32.0. The normalized spacial score (nSPS) is 13.3. The summed E-state index contributed by atoms with van der Waals surface area (Å²) in [5.41, 5.74) is 1.000. The van der Waals surface area contributed by atoms with Gasteiger partial charge in [0.15, 0.2) is 0 Å². The number of hydrogen-bond acceptors (Lipinski definition) is 6. The van der Waals surface area contributed by atoms with E-state index in [0.717, 1.165) is 5.56 Å². The fourth-order valence-electron chi connectivity index (χ4n) is 1.83. The summed E-state index contributed by atoms with van der Waals surface area (Å²) in [6.45, 7) is 0.414. The second kappa shape index (κ2) is 9.03. The van der Waals surface area contributed by atoms with Gasteiger partial charge < -0.3 is 10.1 Å². The SMILES string of the molecule is O=C(NCc1ccccc1)Oc1c[nH]nn1.O=C1CCCC(=O)N1. The van der Waals surface area contributed by atoms with Crippen LogP contribution in [0.2, 0.25) is 0 Å². The Bertz CT molecular complexity index is 658. The summed E-state index contributed by atoms with van der Waals surface area (Å²) in [6.07, 6.45) is 2.56. The molecule has 0 unspecified atom stereocenters.